The van der Waals surface area contributed by atoms with Gasteiger partial charge in [0.05, 0.1) is 24.1 Å². The van der Waals surface area contributed by atoms with Crippen LogP contribution in [0, 0.1) is 0 Å². The highest BCUT2D eigenvalue weighted by Gasteiger charge is 2.27. The first-order valence-corrected chi connectivity index (χ1v) is 7.51. The number of hydrogen-bond acceptors (Lipinski definition) is 5. The maximum absolute atomic E-state index is 4.53. The topological polar surface area (TPSA) is 63.3 Å². The molecule has 122 valence electrons. The molecule has 0 amide bonds. The van der Waals surface area contributed by atoms with Gasteiger partial charge in [-0.05, 0) is 0 Å². The summed E-state index contributed by atoms with van der Waals surface area (Å²) < 4.78 is 4.20. The van der Waals surface area contributed by atoms with Crippen LogP contribution in [0.3, 0.4) is 0 Å². The van der Waals surface area contributed by atoms with Gasteiger partial charge >= 0.3 is 0 Å². The Morgan fingerprint density at radius 1 is 1.22 bits per heavy atom. The van der Waals surface area contributed by atoms with Gasteiger partial charge in [-0.2, -0.15) is 0 Å². The highest BCUT2D eigenvalue weighted by molar-refractivity contribution is 5.85. The Morgan fingerprint density at radius 2 is 2.13 bits per heavy atom. The van der Waals surface area contributed by atoms with E-state index in [0.717, 1.165) is 37.7 Å². The predicted molar refractivity (Wildman–Crippen MR) is 89.5 cm³/mol. The standard InChI is InChI=1S/C15H19N7.ClH/c1-20-5-4-18-15(20)13-9-16-2-6-21(13)11-12-8-19-14-10-17-3-7-22(12)14;/h3-5,7-8,10,13,16H,2,6,9,11H2,1H3;1H. The number of aryl methyl sites for hydroxylation is 1. The number of fused-ring (bicyclic) bond motifs is 1. The lowest BCUT2D eigenvalue weighted by molar-refractivity contribution is 0.142. The van der Waals surface area contributed by atoms with Crippen LogP contribution in [-0.4, -0.2) is 48.5 Å². The molecule has 0 bridgehead atoms. The molecule has 0 saturated carbocycles. The molecule has 4 heterocycles. The van der Waals surface area contributed by atoms with Gasteiger partial charge in [0.2, 0.25) is 0 Å². The van der Waals surface area contributed by atoms with Crippen LogP contribution in [0.15, 0.2) is 37.2 Å². The number of rotatable bonds is 3. The molecule has 0 aliphatic carbocycles. The van der Waals surface area contributed by atoms with E-state index in [1.54, 1.807) is 12.4 Å². The van der Waals surface area contributed by atoms with E-state index in [0.29, 0.717) is 0 Å². The summed E-state index contributed by atoms with van der Waals surface area (Å²) >= 11 is 0. The number of halogens is 1. The monoisotopic (exact) mass is 333 g/mol. The minimum absolute atomic E-state index is 0. The molecule has 3 aromatic heterocycles. The summed E-state index contributed by atoms with van der Waals surface area (Å²) in [6.07, 6.45) is 11.4. The second kappa shape index (κ2) is 6.66. The zero-order valence-corrected chi connectivity index (χ0v) is 13.8. The van der Waals surface area contributed by atoms with Gasteiger partial charge < -0.3 is 9.88 Å². The lowest BCUT2D eigenvalue weighted by Gasteiger charge is -2.35. The first-order valence-electron chi connectivity index (χ1n) is 7.51. The molecule has 1 aliphatic heterocycles. The first-order chi connectivity index (χ1) is 10.8. The Labute approximate surface area is 140 Å². The largest absolute Gasteiger partial charge is 0.337 e. The number of aromatic nitrogens is 5. The van der Waals surface area contributed by atoms with Crippen molar-refractivity contribution in [1.29, 1.82) is 0 Å². The molecule has 7 nitrogen and oxygen atoms in total. The SMILES string of the molecule is Cl.Cn1ccnc1C1CNCCN1Cc1cnc2cnccn12. The molecule has 1 saturated heterocycles. The van der Waals surface area contributed by atoms with E-state index in [2.05, 4.69) is 41.2 Å². The third kappa shape index (κ3) is 2.95. The Hall–Kier alpha value is -1.96. The number of piperazine rings is 1. The second-order valence-corrected chi connectivity index (χ2v) is 5.64. The van der Waals surface area contributed by atoms with Crippen molar-refractivity contribution in [2.24, 2.45) is 7.05 Å². The second-order valence-electron chi connectivity index (χ2n) is 5.64. The zero-order valence-electron chi connectivity index (χ0n) is 13.0. The van der Waals surface area contributed by atoms with Crippen LogP contribution in [0.1, 0.15) is 17.6 Å². The van der Waals surface area contributed by atoms with Gasteiger partial charge in [-0.3, -0.25) is 14.3 Å². The van der Waals surface area contributed by atoms with Crippen molar-refractivity contribution in [1.82, 2.24) is 34.1 Å². The number of nitrogens with one attached hydrogen (secondary N) is 1. The van der Waals surface area contributed by atoms with Crippen LogP contribution < -0.4 is 5.32 Å². The molecular formula is C15H20ClN7. The van der Waals surface area contributed by atoms with E-state index in [4.69, 9.17) is 0 Å². The van der Waals surface area contributed by atoms with E-state index in [-0.39, 0.29) is 18.4 Å². The van der Waals surface area contributed by atoms with Crippen molar-refractivity contribution in [3.8, 4) is 0 Å². The number of hydrogen-bond donors (Lipinski definition) is 1. The van der Waals surface area contributed by atoms with Crippen LogP contribution in [-0.2, 0) is 13.6 Å². The summed E-state index contributed by atoms with van der Waals surface area (Å²) in [5.41, 5.74) is 2.07. The minimum atomic E-state index is 0. The van der Waals surface area contributed by atoms with Crippen molar-refractivity contribution in [3.05, 3.63) is 48.7 Å². The van der Waals surface area contributed by atoms with Crippen molar-refractivity contribution >= 4 is 18.1 Å². The van der Waals surface area contributed by atoms with Crippen LogP contribution in [0.2, 0.25) is 0 Å². The van der Waals surface area contributed by atoms with Gasteiger partial charge in [-0.15, -0.1) is 12.4 Å². The van der Waals surface area contributed by atoms with Crippen LogP contribution in [0.25, 0.3) is 5.65 Å². The first kappa shape index (κ1) is 15.9. The molecule has 0 aromatic carbocycles. The molecule has 1 atom stereocenters. The normalized spacial score (nSPS) is 18.9. The molecule has 4 rings (SSSR count). The molecule has 0 spiro atoms. The quantitative estimate of drug-likeness (QED) is 0.775. The van der Waals surface area contributed by atoms with E-state index in [1.807, 2.05) is 24.8 Å². The Bertz CT molecular complexity index is 781. The Kier molecular flexibility index (Phi) is 4.61. The van der Waals surface area contributed by atoms with Crippen LogP contribution in [0.5, 0.6) is 0 Å². The highest BCUT2D eigenvalue weighted by Crippen LogP contribution is 2.22. The van der Waals surface area contributed by atoms with Gasteiger partial charge in [0.1, 0.15) is 5.82 Å². The predicted octanol–water partition coefficient (Wildman–Crippen LogP) is 1.03. The molecule has 0 radical (unpaired) electrons. The fourth-order valence-corrected chi connectivity index (χ4v) is 3.11. The minimum Gasteiger partial charge on any atom is -0.337 e. The fraction of sp³-hybridized carbons (Fsp3) is 0.400. The average Bonchev–Trinajstić information content (AvgIpc) is 3.15. The van der Waals surface area contributed by atoms with Gasteiger partial charge in [0, 0.05) is 58.0 Å². The van der Waals surface area contributed by atoms with Crippen LogP contribution >= 0.6 is 12.4 Å². The summed E-state index contributed by atoms with van der Waals surface area (Å²) in [5, 5.41) is 3.47. The molecule has 1 aliphatic rings. The number of nitrogens with zero attached hydrogens (tertiary/aromatic N) is 6. The zero-order chi connectivity index (χ0) is 14.9. The molecule has 1 N–H and O–H groups in total. The van der Waals surface area contributed by atoms with Gasteiger partial charge in [-0.1, -0.05) is 0 Å². The average molecular weight is 334 g/mol. The maximum atomic E-state index is 4.53. The number of imidazole rings is 2. The molecule has 23 heavy (non-hydrogen) atoms. The Balaban J connectivity index is 0.00000156. The van der Waals surface area contributed by atoms with Crippen molar-refractivity contribution in [3.63, 3.8) is 0 Å². The summed E-state index contributed by atoms with van der Waals surface area (Å²) in [6.45, 7) is 3.77. The van der Waals surface area contributed by atoms with Gasteiger partial charge in [-0.25, -0.2) is 9.97 Å². The smallest absolute Gasteiger partial charge is 0.155 e. The fourth-order valence-electron chi connectivity index (χ4n) is 3.11. The van der Waals surface area contributed by atoms with Crippen molar-refractivity contribution in [2.75, 3.05) is 19.6 Å². The van der Waals surface area contributed by atoms with E-state index in [9.17, 15) is 0 Å². The van der Waals surface area contributed by atoms with Crippen molar-refractivity contribution in [2.45, 2.75) is 12.6 Å². The lowest BCUT2D eigenvalue weighted by Crippen LogP contribution is -2.46. The van der Waals surface area contributed by atoms with E-state index < -0.39 is 0 Å². The maximum Gasteiger partial charge on any atom is 0.155 e. The summed E-state index contributed by atoms with van der Waals surface area (Å²) in [5.74, 6) is 1.10. The van der Waals surface area contributed by atoms with Crippen molar-refractivity contribution < 1.29 is 0 Å². The van der Waals surface area contributed by atoms with Crippen LogP contribution in [0.4, 0.5) is 0 Å². The van der Waals surface area contributed by atoms with E-state index in [1.165, 1.54) is 5.69 Å². The third-order valence-electron chi connectivity index (χ3n) is 4.27. The summed E-state index contributed by atoms with van der Waals surface area (Å²) in [6, 6.07) is 0.279. The highest BCUT2D eigenvalue weighted by atomic mass is 35.5. The molecule has 3 aromatic rings. The molecule has 8 heteroatoms. The molecule has 1 fully saturated rings. The van der Waals surface area contributed by atoms with E-state index >= 15 is 0 Å². The molecular weight excluding hydrogens is 314 g/mol. The van der Waals surface area contributed by atoms with Gasteiger partial charge in [0.15, 0.2) is 5.65 Å². The Morgan fingerprint density at radius 3 is 2.96 bits per heavy atom. The summed E-state index contributed by atoms with van der Waals surface area (Å²) in [4.78, 5) is 15.5. The lowest BCUT2D eigenvalue weighted by atomic mass is 10.1. The van der Waals surface area contributed by atoms with Gasteiger partial charge in [0.25, 0.3) is 0 Å². The molecule has 1 unspecified atom stereocenters. The summed E-state index contributed by atoms with van der Waals surface area (Å²) in [7, 11) is 2.05. The third-order valence-corrected chi connectivity index (χ3v) is 4.27.